The fraction of sp³-hybridized carbons (Fsp3) is 0.909. The van der Waals surface area contributed by atoms with Gasteiger partial charge in [-0.1, -0.05) is 13.8 Å². The zero-order valence-electron chi connectivity index (χ0n) is 10.1. The van der Waals surface area contributed by atoms with Crippen molar-refractivity contribution >= 4 is 5.91 Å². The zero-order valence-corrected chi connectivity index (χ0v) is 10.1. The van der Waals surface area contributed by atoms with E-state index in [1.165, 1.54) is 0 Å². The Hall–Kier alpha value is -0.610. The summed E-state index contributed by atoms with van der Waals surface area (Å²) >= 11 is 0. The molecule has 0 saturated heterocycles. The molecular weight excluding hydrogens is 192 g/mol. The number of hydrogen-bond donors (Lipinski definition) is 2. The molecule has 0 unspecified atom stereocenters. The van der Waals surface area contributed by atoms with Crippen molar-refractivity contribution in [1.82, 2.24) is 10.2 Å². The summed E-state index contributed by atoms with van der Waals surface area (Å²) in [7, 11) is 0. The lowest BCUT2D eigenvalue weighted by Gasteiger charge is -2.20. The number of nitrogens with one attached hydrogen (secondary N) is 1. The number of aliphatic hydroxyl groups is 1. The van der Waals surface area contributed by atoms with E-state index in [1.54, 1.807) is 4.90 Å². The van der Waals surface area contributed by atoms with E-state index in [4.69, 9.17) is 5.11 Å². The topological polar surface area (TPSA) is 52.6 Å². The summed E-state index contributed by atoms with van der Waals surface area (Å²) < 4.78 is 0. The highest BCUT2D eigenvalue weighted by atomic mass is 16.3. The van der Waals surface area contributed by atoms with Crippen molar-refractivity contribution in [2.24, 2.45) is 0 Å². The molecule has 0 rings (SSSR count). The van der Waals surface area contributed by atoms with E-state index in [9.17, 15) is 4.79 Å². The Morgan fingerprint density at radius 2 is 2.13 bits per heavy atom. The van der Waals surface area contributed by atoms with Crippen molar-refractivity contribution in [2.75, 3.05) is 26.2 Å². The molecule has 15 heavy (non-hydrogen) atoms. The third-order valence-corrected chi connectivity index (χ3v) is 2.21. The van der Waals surface area contributed by atoms with Crippen molar-refractivity contribution in [2.45, 2.75) is 39.7 Å². The number of aliphatic hydroxyl groups excluding tert-OH is 1. The van der Waals surface area contributed by atoms with Crippen LogP contribution in [0.1, 0.15) is 33.6 Å². The number of nitrogens with zero attached hydrogens (tertiary/aromatic N) is 1. The standard InChI is InChI=1S/C11H24N2O2/c1-4-13(8-5-9-14)11(15)6-7-12-10(2)3/h10,12,14H,4-9H2,1-3H3. The molecule has 0 aliphatic carbocycles. The van der Waals surface area contributed by atoms with E-state index in [-0.39, 0.29) is 12.5 Å². The fourth-order valence-corrected chi connectivity index (χ4v) is 1.35. The Labute approximate surface area is 92.7 Å². The average molecular weight is 216 g/mol. The van der Waals surface area contributed by atoms with Crippen molar-refractivity contribution < 1.29 is 9.90 Å². The minimum absolute atomic E-state index is 0.147. The highest BCUT2D eigenvalue weighted by molar-refractivity contribution is 5.76. The van der Waals surface area contributed by atoms with Crippen molar-refractivity contribution in [3.63, 3.8) is 0 Å². The van der Waals surface area contributed by atoms with Gasteiger partial charge < -0.3 is 15.3 Å². The van der Waals surface area contributed by atoms with Crippen LogP contribution in [0.2, 0.25) is 0 Å². The number of carbonyl (C=O) groups excluding carboxylic acids is 1. The highest BCUT2D eigenvalue weighted by Crippen LogP contribution is 1.96. The van der Waals surface area contributed by atoms with Crippen LogP contribution in [0, 0.1) is 0 Å². The Kier molecular flexibility index (Phi) is 8.33. The minimum Gasteiger partial charge on any atom is -0.396 e. The maximum Gasteiger partial charge on any atom is 0.223 e. The molecule has 90 valence electrons. The summed E-state index contributed by atoms with van der Waals surface area (Å²) in [4.78, 5) is 13.5. The SMILES string of the molecule is CCN(CCCO)C(=O)CCNC(C)C. The first kappa shape index (κ1) is 14.4. The van der Waals surface area contributed by atoms with Crippen LogP contribution in [0.15, 0.2) is 0 Å². The molecule has 0 saturated carbocycles. The summed E-state index contributed by atoms with van der Waals surface area (Å²) in [6.45, 7) is 8.35. The molecule has 0 spiro atoms. The van der Waals surface area contributed by atoms with Gasteiger partial charge in [0.1, 0.15) is 0 Å². The van der Waals surface area contributed by atoms with Crippen LogP contribution < -0.4 is 5.32 Å². The van der Waals surface area contributed by atoms with Crippen LogP contribution in [0.25, 0.3) is 0 Å². The van der Waals surface area contributed by atoms with Gasteiger partial charge in [0.05, 0.1) is 0 Å². The van der Waals surface area contributed by atoms with Crippen LogP contribution in [-0.2, 0) is 4.79 Å². The lowest BCUT2D eigenvalue weighted by atomic mass is 10.3. The van der Waals surface area contributed by atoms with Crippen LogP contribution in [-0.4, -0.2) is 48.2 Å². The monoisotopic (exact) mass is 216 g/mol. The largest absolute Gasteiger partial charge is 0.396 e. The van der Waals surface area contributed by atoms with Crippen LogP contribution >= 0.6 is 0 Å². The summed E-state index contributed by atoms with van der Waals surface area (Å²) in [5.41, 5.74) is 0. The Morgan fingerprint density at radius 1 is 1.47 bits per heavy atom. The molecule has 0 heterocycles. The molecule has 0 aromatic carbocycles. The molecule has 1 amide bonds. The van der Waals surface area contributed by atoms with E-state index in [0.717, 1.165) is 13.1 Å². The Balaban J connectivity index is 3.73. The van der Waals surface area contributed by atoms with Gasteiger partial charge in [-0.25, -0.2) is 0 Å². The molecule has 0 aromatic heterocycles. The van der Waals surface area contributed by atoms with Gasteiger partial charge >= 0.3 is 0 Å². The fourth-order valence-electron chi connectivity index (χ4n) is 1.35. The molecule has 0 atom stereocenters. The Bertz CT molecular complexity index is 172. The van der Waals surface area contributed by atoms with Gasteiger partial charge in [-0.2, -0.15) is 0 Å². The average Bonchev–Trinajstić information content (AvgIpc) is 2.18. The second-order valence-electron chi connectivity index (χ2n) is 3.91. The van der Waals surface area contributed by atoms with E-state index >= 15 is 0 Å². The summed E-state index contributed by atoms with van der Waals surface area (Å²) in [5, 5.41) is 11.9. The van der Waals surface area contributed by atoms with Gasteiger partial charge in [0, 0.05) is 38.7 Å². The van der Waals surface area contributed by atoms with E-state index in [1.807, 2.05) is 6.92 Å². The van der Waals surface area contributed by atoms with E-state index < -0.39 is 0 Å². The van der Waals surface area contributed by atoms with Gasteiger partial charge in [-0.3, -0.25) is 4.79 Å². The predicted octanol–water partition coefficient (Wildman–Crippen LogP) is 0.605. The lowest BCUT2D eigenvalue weighted by Crippen LogP contribution is -2.35. The van der Waals surface area contributed by atoms with Crippen LogP contribution in [0.5, 0.6) is 0 Å². The number of hydrogen-bond acceptors (Lipinski definition) is 3. The molecule has 0 aromatic rings. The number of carbonyl (C=O) groups is 1. The van der Waals surface area contributed by atoms with Crippen LogP contribution in [0.3, 0.4) is 0 Å². The van der Waals surface area contributed by atoms with Gasteiger partial charge in [-0.05, 0) is 13.3 Å². The molecule has 4 nitrogen and oxygen atoms in total. The lowest BCUT2D eigenvalue weighted by molar-refractivity contribution is -0.131. The van der Waals surface area contributed by atoms with E-state index in [2.05, 4.69) is 19.2 Å². The van der Waals surface area contributed by atoms with Crippen LogP contribution in [0.4, 0.5) is 0 Å². The smallest absolute Gasteiger partial charge is 0.223 e. The molecule has 0 aliphatic rings. The zero-order chi connectivity index (χ0) is 11.7. The Morgan fingerprint density at radius 3 is 2.60 bits per heavy atom. The van der Waals surface area contributed by atoms with Gasteiger partial charge in [0.25, 0.3) is 0 Å². The molecule has 2 N–H and O–H groups in total. The second kappa shape index (κ2) is 8.68. The third kappa shape index (κ3) is 7.33. The number of amides is 1. The predicted molar refractivity (Wildman–Crippen MR) is 61.7 cm³/mol. The summed E-state index contributed by atoms with van der Waals surface area (Å²) in [6, 6.07) is 0.422. The molecule has 0 fully saturated rings. The molecule has 0 aliphatic heterocycles. The van der Waals surface area contributed by atoms with Gasteiger partial charge in [-0.15, -0.1) is 0 Å². The normalized spacial score (nSPS) is 10.7. The summed E-state index contributed by atoms with van der Waals surface area (Å²) in [6.07, 6.45) is 1.20. The first-order chi connectivity index (χ1) is 7.11. The van der Waals surface area contributed by atoms with E-state index in [0.29, 0.717) is 25.4 Å². The molecule has 4 heteroatoms. The van der Waals surface area contributed by atoms with Crippen molar-refractivity contribution in [3.05, 3.63) is 0 Å². The molecule has 0 bridgehead atoms. The second-order valence-corrected chi connectivity index (χ2v) is 3.91. The quantitative estimate of drug-likeness (QED) is 0.625. The minimum atomic E-state index is 0.147. The van der Waals surface area contributed by atoms with Crippen molar-refractivity contribution in [3.8, 4) is 0 Å². The van der Waals surface area contributed by atoms with Crippen molar-refractivity contribution in [1.29, 1.82) is 0 Å². The maximum atomic E-state index is 11.7. The number of rotatable bonds is 8. The first-order valence-electron chi connectivity index (χ1n) is 5.73. The maximum absolute atomic E-state index is 11.7. The first-order valence-corrected chi connectivity index (χ1v) is 5.73. The summed E-state index contributed by atoms with van der Waals surface area (Å²) in [5.74, 6) is 0.166. The highest BCUT2D eigenvalue weighted by Gasteiger charge is 2.10. The van der Waals surface area contributed by atoms with Gasteiger partial charge in [0.2, 0.25) is 5.91 Å². The molecular formula is C11H24N2O2. The van der Waals surface area contributed by atoms with Gasteiger partial charge in [0.15, 0.2) is 0 Å². The third-order valence-electron chi connectivity index (χ3n) is 2.21. The molecule has 0 radical (unpaired) electrons.